The summed E-state index contributed by atoms with van der Waals surface area (Å²) >= 11 is 0. The fraction of sp³-hybridized carbons (Fsp3) is 0.929. The largest absolute Gasteiger partial charge is 0.393 e. The van der Waals surface area contributed by atoms with E-state index in [1.165, 1.54) is 4.90 Å². The minimum Gasteiger partial charge on any atom is -0.389 e. The lowest BCUT2D eigenvalue weighted by atomic mass is 9.97. The first-order valence-electron chi connectivity index (χ1n) is 7.32. The molecule has 0 aromatic heterocycles. The number of piperidine rings is 1. The van der Waals surface area contributed by atoms with Gasteiger partial charge < -0.3 is 10.0 Å². The van der Waals surface area contributed by atoms with E-state index in [2.05, 4.69) is 0 Å². The lowest BCUT2D eigenvalue weighted by molar-refractivity contribution is -0.188. The fourth-order valence-electron chi connectivity index (χ4n) is 2.59. The van der Waals surface area contributed by atoms with Crippen molar-refractivity contribution < 1.29 is 23.1 Å². The average molecular weight is 310 g/mol. The standard InChI is InChI=1S/C14H25F3N2O2/c1-4-18(10-13(2,3)21)9-12(20)19-7-5-6-11(8-19)14(15,16)17/h11,21H,4-10H2,1-3H3. The second-order valence-electron chi connectivity index (χ2n) is 6.34. The summed E-state index contributed by atoms with van der Waals surface area (Å²) in [5.74, 6) is -1.71. The SMILES string of the molecule is CCN(CC(=O)N1CCCC(C(F)(F)F)C1)CC(C)(C)O. The van der Waals surface area contributed by atoms with Crippen molar-refractivity contribution in [3.05, 3.63) is 0 Å². The molecule has 0 bridgehead atoms. The summed E-state index contributed by atoms with van der Waals surface area (Å²) < 4.78 is 38.2. The van der Waals surface area contributed by atoms with Gasteiger partial charge in [0.15, 0.2) is 0 Å². The van der Waals surface area contributed by atoms with Crippen LogP contribution >= 0.6 is 0 Å². The predicted molar refractivity (Wildman–Crippen MR) is 73.8 cm³/mol. The number of carbonyl (C=O) groups is 1. The number of hydrogen-bond donors (Lipinski definition) is 1. The fourth-order valence-corrected chi connectivity index (χ4v) is 2.59. The number of likely N-dealkylation sites (tertiary alicyclic amines) is 1. The molecule has 1 atom stereocenters. The Bertz CT molecular complexity index is 353. The van der Waals surface area contributed by atoms with Gasteiger partial charge >= 0.3 is 6.18 Å². The molecule has 21 heavy (non-hydrogen) atoms. The number of likely N-dealkylation sites (N-methyl/N-ethyl adjacent to an activating group) is 1. The van der Waals surface area contributed by atoms with Crippen LogP contribution in [-0.2, 0) is 4.79 Å². The number of halogens is 3. The number of rotatable bonds is 5. The Hall–Kier alpha value is -0.820. The van der Waals surface area contributed by atoms with Crippen LogP contribution < -0.4 is 0 Å². The zero-order chi connectivity index (χ0) is 16.3. The number of nitrogens with zero attached hydrogens (tertiary/aromatic N) is 2. The Kier molecular flexibility index (Phi) is 6.04. The predicted octanol–water partition coefficient (Wildman–Crippen LogP) is 1.88. The highest BCUT2D eigenvalue weighted by atomic mass is 19.4. The molecule has 1 amide bonds. The van der Waals surface area contributed by atoms with E-state index in [1.54, 1.807) is 18.7 Å². The lowest BCUT2D eigenvalue weighted by Gasteiger charge is -2.35. The molecule has 1 saturated heterocycles. The monoisotopic (exact) mass is 310 g/mol. The van der Waals surface area contributed by atoms with Crippen molar-refractivity contribution in [2.75, 3.05) is 32.7 Å². The highest BCUT2D eigenvalue weighted by molar-refractivity contribution is 5.78. The molecule has 4 nitrogen and oxygen atoms in total. The van der Waals surface area contributed by atoms with Crippen molar-refractivity contribution in [1.82, 2.24) is 9.80 Å². The molecule has 0 aromatic rings. The van der Waals surface area contributed by atoms with Crippen molar-refractivity contribution in [2.45, 2.75) is 45.4 Å². The third-order valence-corrected chi connectivity index (χ3v) is 3.65. The Morgan fingerprint density at radius 2 is 2.00 bits per heavy atom. The third-order valence-electron chi connectivity index (χ3n) is 3.65. The van der Waals surface area contributed by atoms with Gasteiger partial charge in [0.1, 0.15) is 0 Å². The van der Waals surface area contributed by atoms with E-state index in [9.17, 15) is 23.1 Å². The van der Waals surface area contributed by atoms with Crippen LogP contribution in [0.25, 0.3) is 0 Å². The van der Waals surface area contributed by atoms with Gasteiger partial charge in [0.2, 0.25) is 5.91 Å². The summed E-state index contributed by atoms with van der Waals surface area (Å²) in [5, 5.41) is 9.78. The number of alkyl halides is 3. The molecular formula is C14H25F3N2O2. The van der Waals surface area contributed by atoms with Crippen molar-refractivity contribution in [1.29, 1.82) is 0 Å². The highest BCUT2D eigenvalue weighted by Gasteiger charge is 2.42. The molecular weight excluding hydrogens is 285 g/mol. The Labute approximate surface area is 123 Å². The normalized spacial score (nSPS) is 21.0. The van der Waals surface area contributed by atoms with Gasteiger partial charge in [-0.25, -0.2) is 0 Å². The molecule has 7 heteroatoms. The summed E-state index contributed by atoms with van der Waals surface area (Å²) in [7, 11) is 0. The second-order valence-corrected chi connectivity index (χ2v) is 6.34. The summed E-state index contributed by atoms with van der Waals surface area (Å²) in [5.41, 5.74) is -0.938. The molecule has 1 aliphatic rings. The zero-order valence-corrected chi connectivity index (χ0v) is 12.9. The van der Waals surface area contributed by atoms with Crippen LogP contribution in [0.2, 0.25) is 0 Å². The molecule has 1 aliphatic heterocycles. The van der Waals surface area contributed by atoms with Gasteiger partial charge in [0, 0.05) is 19.6 Å². The van der Waals surface area contributed by atoms with E-state index in [-0.39, 0.29) is 25.4 Å². The Balaban J connectivity index is 2.58. The van der Waals surface area contributed by atoms with Crippen molar-refractivity contribution in [2.24, 2.45) is 5.92 Å². The van der Waals surface area contributed by atoms with E-state index in [0.717, 1.165) is 0 Å². The molecule has 0 aromatic carbocycles. The van der Waals surface area contributed by atoms with Crippen LogP contribution in [0, 0.1) is 5.92 Å². The molecule has 0 spiro atoms. The maximum absolute atomic E-state index is 12.7. The van der Waals surface area contributed by atoms with Crippen molar-refractivity contribution >= 4 is 5.91 Å². The van der Waals surface area contributed by atoms with E-state index in [4.69, 9.17) is 0 Å². The second kappa shape index (κ2) is 6.96. The summed E-state index contributed by atoms with van der Waals surface area (Å²) in [6.45, 7) is 6.19. The first-order valence-corrected chi connectivity index (χ1v) is 7.32. The van der Waals surface area contributed by atoms with Crippen LogP contribution in [0.3, 0.4) is 0 Å². The van der Waals surface area contributed by atoms with Gasteiger partial charge in [-0.05, 0) is 33.2 Å². The van der Waals surface area contributed by atoms with Crippen LogP contribution in [0.4, 0.5) is 13.2 Å². The summed E-state index contributed by atoms with van der Waals surface area (Å²) in [4.78, 5) is 15.2. The number of carbonyl (C=O) groups excluding carboxylic acids is 1. The number of hydrogen-bond acceptors (Lipinski definition) is 3. The zero-order valence-electron chi connectivity index (χ0n) is 12.9. The smallest absolute Gasteiger partial charge is 0.389 e. The summed E-state index contributed by atoms with van der Waals surface area (Å²) in [6, 6.07) is 0. The molecule has 1 rings (SSSR count). The molecule has 1 heterocycles. The Morgan fingerprint density at radius 1 is 1.38 bits per heavy atom. The Morgan fingerprint density at radius 3 is 2.48 bits per heavy atom. The number of aliphatic hydroxyl groups is 1. The van der Waals surface area contributed by atoms with E-state index in [1.807, 2.05) is 6.92 Å². The molecule has 0 aliphatic carbocycles. The van der Waals surface area contributed by atoms with E-state index < -0.39 is 17.7 Å². The van der Waals surface area contributed by atoms with Gasteiger partial charge in [-0.3, -0.25) is 9.69 Å². The molecule has 1 fully saturated rings. The van der Waals surface area contributed by atoms with Gasteiger partial charge in [-0.1, -0.05) is 6.92 Å². The van der Waals surface area contributed by atoms with Crippen LogP contribution in [0.1, 0.15) is 33.6 Å². The number of amides is 1. The minimum absolute atomic E-state index is 0.0467. The molecule has 0 saturated carbocycles. The highest BCUT2D eigenvalue weighted by Crippen LogP contribution is 2.33. The van der Waals surface area contributed by atoms with Gasteiger partial charge in [-0.15, -0.1) is 0 Å². The van der Waals surface area contributed by atoms with Gasteiger partial charge in [0.25, 0.3) is 0 Å². The summed E-state index contributed by atoms with van der Waals surface area (Å²) in [6.07, 6.45) is -3.77. The minimum atomic E-state index is -4.24. The van der Waals surface area contributed by atoms with Crippen molar-refractivity contribution in [3.63, 3.8) is 0 Å². The molecule has 124 valence electrons. The lowest BCUT2D eigenvalue weighted by Crippen LogP contribution is -2.49. The van der Waals surface area contributed by atoms with Crippen LogP contribution in [-0.4, -0.2) is 65.3 Å². The van der Waals surface area contributed by atoms with Gasteiger partial charge in [-0.2, -0.15) is 13.2 Å². The first-order chi connectivity index (χ1) is 9.53. The van der Waals surface area contributed by atoms with E-state index in [0.29, 0.717) is 26.1 Å². The molecule has 1 unspecified atom stereocenters. The molecule has 1 N–H and O–H groups in total. The average Bonchev–Trinajstić information content (AvgIpc) is 2.35. The van der Waals surface area contributed by atoms with Crippen LogP contribution in [0.5, 0.6) is 0 Å². The van der Waals surface area contributed by atoms with E-state index >= 15 is 0 Å². The van der Waals surface area contributed by atoms with Gasteiger partial charge in [0.05, 0.1) is 18.1 Å². The third kappa shape index (κ3) is 6.22. The van der Waals surface area contributed by atoms with Crippen molar-refractivity contribution in [3.8, 4) is 0 Å². The maximum Gasteiger partial charge on any atom is 0.393 e. The molecule has 0 radical (unpaired) electrons. The first kappa shape index (κ1) is 18.2. The quantitative estimate of drug-likeness (QED) is 0.843. The van der Waals surface area contributed by atoms with Crippen LogP contribution in [0.15, 0.2) is 0 Å². The maximum atomic E-state index is 12.7. The topological polar surface area (TPSA) is 43.8 Å².